The van der Waals surface area contributed by atoms with Gasteiger partial charge in [-0.05, 0) is 47.0 Å². The molecule has 0 radical (unpaired) electrons. The Kier molecular flexibility index (Phi) is 4.66. The molecular formula is C15H17BrN2O2. The maximum absolute atomic E-state index is 11.6. The van der Waals surface area contributed by atoms with Gasteiger partial charge in [0.05, 0.1) is 17.0 Å². The van der Waals surface area contributed by atoms with Gasteiger partial charge in [0.15, 0.2) is 0 Å². The Balaban J connectivity index is 2.10. The molecule has 0 aliphatic heterocycles. The number of halogens is 1. The van der Waals surface area contributed by atoms with Gasteiger partial charge in [-0.1, -0.05) is 19.3 Å². The van der Waals surface area contributed by atoms with Crippen LogP contribution in [0.5, 0.6) is 0 Å². The maximum Gasteiger partial charge on any atom is 0.311 e. The average molecular weight is 337 g/mol. The van der Waals surface area contributed by atoms with Crippen molar-refractivity contribution in [3.05, 3.63) is 28.2 Å². The van der Waals surface area contributed by atoms with Crippen LogP contribution in [0.3, 0.4) is 0 Å². The molecular weight excluding hydrogens is 320 g/mol. The van der Waals surface area contributed by atoms with E-state index < -0.39 is 11.4 Å². The smallest absolute Gasteiger partial charge is 0.311 e. The fourth-order valence-electron chi connectivity index (χ4n) is 2.69. The molecule has 2 rings (SSSR count). The van der Waals surface area contributed by atoms with E-state index in [-0.39, 0.29) is 0 Å². The van der Waals surface area contributed by atoms with Gasteiger partial charge in [-0.15, -0.1) is 0 Å². The molecule has 0 unspecified atom stereocenters. The second-order valence-electron chi connectivity index (χ2n) is 5.31. The lowest BCUT2D eigenvalue weighted by Crippen LogP contribution is -2.39. The van der Waals surface area contributed by atoms with E-state index in [2.05, 4.69) is 27.3 Å². The van der Waals surface area contributed by atoms with Gasteiger partial charge in [0.1, 0.15) is 0 Å². The molecule has 1 fully saturated rings. The van der Waals surface area contributed by atoms with Gasteiger partial charge in [0.25, 0.3) is 0 Å². The summed E-state index contributed by atoms with van der Waals surface area (Å²) in [5, 5.41) is 21.6. The number of benzene rings is 1. The van der Waals surface area contributed by atoms with E-state index in [0.29, 0.717) is 12.1 Å². The predicted octanol–water partition coefficient (Wildman–Crippen LogP) is 3.77. The van der Waals surface area contributed by atoms with Crippen LogP contribution in [0.4, 0.5) is 5.69 Å². The van der Waals surface area contributed by atoms with E-state index in [1.165, 1.54) is 0 Å². The second kappa shape index (κ2) is 6.27. The van der Waals surface area contributed by atoms with Gasteiger partial charge < -0.3 is 10.4 Å². The normalized spacial score (nSPS) is 17.2. The molecule has 1 aromatic rings. The Morgan fingerprint density at radius 1 is 1.40 bits per heavy atom. The minimum absolute atomic E-state index is 0.423. The van der Waals surface area contributed by atoms with Crippen LogP contribution >= 0.6 is 15.9 Å². The molecule has 1 aliphatic rings. The summed E-state index contributed by atoms with van der Waals surface area (Å²) in [6.45, 7) is 0.423. The molecule has 1 aromatic carbocycles. The quantitative estimate of drug-likeness (QED) is 0.877. The molecule has 2 N–H and O–H groups in total. The third kappa shape index (κ3) is 3.13. The first kappa shape index (κ1) is 14.9. The maximum atomic E-state index is 11.6. The molecule has 0 bridgehead atoms. The highest BCUT2D eigenvalue weighted by Crippen LogP contribution is 2.37. The number of nitrogens with one attached hydrogen (secondary N) is 1. The van der Waals surface area contributed by atoms with Gasteiger partial charge in [-0.2, -0.15) is 5.26 Å². The zero-order valence-corrected chi connectivity index (χ0v) is 12.7. The summed E-state index contributed by atoms with van der Waals surface area (Å²) < 4.78 is 0.785. The number of rotatable bonds is 4. The molecule has 1 saturated carbocycles. The fourth-order valence-corrected chi connectivity index (χ4v) is 3.21. The summed E-state index contributed by atoms with van der Waals surface area (Å²) in [4.78, 5) is 11.6. The molecule has 0 atom stereocenters. The van der Waals surface area contributed by atoms with Crippen molar-refractivity contribution in [1.29, 1.82) is 5.26 Å². The SMILES string of the molecule is N#Cc1ccc(NCC2(C(=O)O)CCCCC2)c(Br)c1. The van der Waals surface area contributed by atoms with Gasteiger partial charge in [0.2, 0.25) is 0 Å². The van der Waals surface area contributed by atoms with E-state index in [1.54, 1.807) is 18.2 Å². The van der Waals surface area contributed by atoms with Crippen LogP contribution in [0.25, 0.3) is 0 Å². The summed E-state index contributed by atoms with van der Waals surface area (Å²) in [5.41, 5.74) is 0.745. The first-order valence-corrected chi connectivity index (χ1v) is 7.54. The molecule has 106 valence electrons. The molecule has 0 aromatic heterocycles. The average Bonchev–Trinajstić information content (AvgIpc) is 2.46. The zero-order chi connectivity index (χ0) is 14.6. The van der Waals surface area contributed by atoms with Crippen LogP contribution in [0, 0.1) is 16.7 Å². The number of hydrogen-bond donors (Lipinski definition) is 2. The van der Waals surface area contributed by atoms with E-state index in [4.69, 9.17) is 5.26 Å². The van der Waals surface area contributed by atoms with Gasteiger partial charge in [0, 0.05) is 16.7 Å². The van der Waals surface area contributed by atoms with Gasteiger partial charge >= 0.3 is 5.97 Å². The van der Waals surface area contributed by atoms with Crippen molar-refractivity contribution in [2.24, 2.45) is 5.41 Å². The number of nitriles is 1. The Morgan fingerprint density at radius 3 is 2.65 bits per heavy atom. The number of carbonyl (C=O) groups is 1. The summed E-state index contributed by atoms with van der Waals surface area (Å²) in [6, 6.07) is 7.34. The van der Waals surface area contributed by atoms with Crippen molar-refractivity contribution >= 4 is 27.6 Å². The lowest BCUT2D eigenvalue weighted by atomic mass is 9.74. The lowest BCUT2D eigenvalue weighted by molar-refractivity contribution is -0.150. The van der Waals surface area contributed by atoms with Crippen molar-refractivity contribution in [3.8, 4) is 6.07 Å². The van der Waals surface area contributed by atoms with Gasteiger partial charge in [-0.25, -0.2) is 0 Å². The Labute approximate surface area is 126 Å². The van der Waals surface area contributed by atoms with Crippen LogP contribution in [0.1, 0.15) is 37.7 Å². The first-order valence-electron chi connectivity index (χ1n) is 6.74. The highest BCUT2D eigenvalue weighted by molar-refractivity contribution is 9.10. The predicted molar refractivity (Wildman–Crippen MR) is 80.5 cm³/mol. The van der Waals surface area contributed by atoms with E-state index in [9.17, 15) is 9.90 Å². The number of hydrogen-bond acceptors (Lipinski definition) is 3. The molecule has 1 aliphatic carbocycles. The zero-order valence-electron chi connectivity index (χ0n) is 11.2. The van der Waals surface area contributed by atoms with Crippen LogP contribution in [0.2, 0.25) is 0 Å². The number of aliphatic carboxylic acids is 1. The van der Waals surface area contributed by atoms with Crippen molar-refractivity contribution in [3.63, 3.8) is 0 Å². The summed E-state index contributed by atoms with van der Waals surface area (Å²) in [5.74, 6) is -0.713. The summed E-state index contributed by atoms with van der Waals surface area (Å²) in [6.07, 6.45) is 4.52. The highest BCUT2D eigenvalue weighted by atomic mass is 79.9. The topological polar surface area (TPSA) is 73.1 Å². The number of nitrogens with zero attached hydrogens (tertiary/aromatic N) is 1. The third-order valence-corrected chi connectivity index (χ3v) is 4.64. The molecule has 0 spiro atoms. The molecule has 4 nitrogen and oxygen atoms in total. The van der Waals surface area contributed by atoms with Crippen molar-refractivity contribution in [2.45, 2.75) is 32.1 Å². The summed E-state index contributed by atoms with van der Waals surface area (Å²) in [7, 11) is 0. The van der Waals surface area contributed by atoms with Crippen molar-refractivity contribution < 1.29 is 9.90 Å². The number of carboxylic acid groups (broad SMARTS) is 1. The van der Waals surface area contributed by atoms with Crippen LogP contribution in [-0.4, -0.2) is 17.6 Å². The van der Waals surface area contributed by atoms with E-state index >= 15 is 0 Å². The van der Waals surface area contributed by atoms with Crippen LogP contribution < -0.4 is 5.32 Å². The van der Waals surface area contributed by atoms with E-state index in [1.807, 2.05) is 0 Å². The Morgan fingerprint density at radius 2 is 2.10 bits per heavy atom. The first-order chi connectivity index (χ1) is 9.57. The Hall–Kier alpha value is -1.54. The second-order valence-corrected chi connectivity index (χ2v) is 6.16. The molecule has 20 heavy (non-hydrogen) atoms. The fraction of sp³-hybridized carbons (Fsp3) is 0.467. The Bertz CT molecular complexity index is 545. The lowest BCUT2D eigenvalue weighted by Gasteiger charge is -2.33. The largest absolute Gasteiger partial charge is 0.481 e. The molecule has 5 heteroatoms. The number of carboxylic acids is 1. The molecule has 0 amide bonds. The monoisotopic (exact) mass is 336 g/mol. The molecule has 0 saturated heterocycles. The van der Waals surface area contributed by atoms with Gasteiger partial charge in [-0.3, -0.25) is 4.79 Å². The third-order valence-electron chi connectivity index (χ3n) is 3.98. The minimum Gasteiger partial charge on any atom is -0.481 e. The molecule has 0 heterocycles. The van der Waals surface area contributed by atoms with Crippen molar-refractivity contribution in [1.82, 2.24) is 0 Å². The standard InChI is InChI=1S/C15H17BrN2O2/c16-12-8-11(9-17)4-5-13(12)18-10-15(14(19)20)6-2-1-3-7-15/h4-5,8,18H,1-3,6-7,10H2,(H,19,20). The highest BCUT2D eigenvalue weighted by Gasteiger charge is 2.39. The van der Waals surface area contributed by atoms with Crippen molar-refractivity contribution in [2.75, 3.05) is 11.9 Å². The number of anilines is 1. The minimum atomic E-state index is -0.713. The van der Waals surface area contributed by atoms with E-state index in [0.717, 1.165) is 42.3 Å². The van der Waals surface area contributed by atoms with Crippen LogP contribution in [-0.2, 0) is 4.79 Å². The van der Waals surface area contributed by atoms with Crippen LogP contribution in [0.15, 0.2) is 22.7 Å². The summed E-state index contributed by atoms with van der Waals surface area (Å²) >= 11 is 3.41.